The van der Waals surface area contributed by atoms with Crippen LogP contribution in [0.15, 0.2) is 60.7 Å². The third-order valence-electron chi connectivity index (χ3n) is 3.57. The molecule has 0 atom stereocenters. The SMILES string of the molecule is CC[Si](COc1ccccc1)(COc1ccccc1)OC. The molecule has 0 amide bonds. The molecule has 0 N–H and O–H groups in total. The minimum absolute atomic E-state index is 0.594. The molecule has 0 radical (unpaired) electrons. The van der Waals surface area contributed by atoms with E-state index in [1.165, 1.54) is 0 Å². The lowest BCUT2D eigenvalue weighted by Gasteiger charge is -2.28. The summed E-state index contributed by atoms with van der Waals surface area (Å²) in [5, 5.41) is 0. The summed E-state index contributed by atoms with van der Waals surface area (Å²) in [6.07, 6.45) is 1.19. The second-order valence-corrected chi connectivity index (χ2v) is 9.00. The van der Waals surface area contributed by atoms with Crippen LogP contribution in [0.3, 0.4) is 0 Å². The van der Waals surface area contributed by atoms with Gasteiger partial charge in [-0.2, -0.15) is 0 Å². The molecule has 2 aromatic carbocycles. The largest absolute Gasteiger partial charge is 0.494 e. The van der Waals surface area contributed by atoms with Crippen molar-refractivity contribution in [1.29, 1.82) is 0 Å². The van der Waals surface area contributed by atoms with Crippen LogP contribution in [-0.2, 0) is 4.43 Å². The maximum atomic E-state index is 5.90. The van der Waals surface area contributed by atoms with Gasteiger partial charge >= 0.3 is 0 Å². The molecule has 0 saturated carbocycles. The zero-order chi connectivity index (χ0) is 15.0. The zero-order valence-corrected chi connectivity index (χ0v) is 13.6. The molecule has 21 heavy (non-hydrogen) atoms. The molecule has 0 spiro atoms. The van der Waals surface area contributed by atoms with E-state index in [2.05, 4.69) is 6.92 Å². The Morgan fingerprint density at radius 1 is 0.762 bits per heavy atom. The van der Waals surface area contributed by atoms with Crippen molar-refractivity contribution in [3.05, 3.63) is 60.7 Å². The van der Waals surface area contributed by atoms with Gasteiger partial charge in [-0.25, -0.2) is 0 Å². The van der Waals surface area contributed by atoms with Gasteiger partial charge in [0.05, 0.1) is 0 Å². The van der Waals surface area contributed by atoms with E-state index >= 15 is 0 Å². The first-order valence-electron chi connectivity index (χ1n) is 7.19. The van der Waals surface area contributed by atoms with Crippen LogP contribution in [0.1, 0.15) is 6.92 Å². The lowest BCUT2D eigenvalue weighted by atomic mass is 10.3. The van der Waals surface area contributed by atoms with E-state index in [1.54, 1.807) is 7.11 Å². The Morgan fingerprint density at radius 2 is 1.19 bits per heavy atom. The monoisotopic (exact) mass is 302 g/mol. The van der Waals surface area contributed by atoms with Crippen LogP contribution in [0.2, 0.25) is 6.04 Å². The molecule has 0 aliphatic carbocycles. The number of rotatable bonds is 8. The van der Waals surface area contributed by atoms with Crippen LogP contribution in [0.4, 0.5) is 0 Å². The van der Waals surface area contributed by atoms with Gasteiger partial charge in [-0.15, -0.1) is 0 Å². The minimum atomic E-state index is -2.05. The molecule has 0 heterocycles. The lowest BCUT2D eigenvalue weighted by Crippen LogP contribution is -2.49. The molecule has 0 aliphatic heterocycles. The zero-order valence-electron chi connectivity index (χ0n) is 12.6. The highest BCUT2D eigenvalue weighted by Crippen LogP contribution is 2.18. The van der Waals surface area contributed by atoms with Crippen molar-refractivity contribution in [3.63, 3.8) is 0 Å². The number of ether oxygens (including phenoxy) is 2. The van der Waals surface area contributed by atoms with Crippen LogP contribution in [0.5, 0.6) is 11.5 Å². The van der Waals surface area contributed by atoms with Gasteiger partial charge in [0.25, 0.3) is 8.32 Å². The molecule has 112 valence electrons. The van der Waals surface area contributed by atoms with Crippen molar-refractivity contribution in [2.75, 3.05) is 19.6 Å². The van der Waals surface area contributed by atoms with E-state index in [1.807, 2.05) is 60.7 Å². The van der Waals surface area contributed by atoms with E-state index in [4.69, 9.17) is 13.9 Å². The lowest BCUT2D eigenvalue weighted by molar-refractivity contribution is 0.271. The van der Waals surface area contributed by atoms with Crippen LogP contribution in [-0.4, -0.2) is 27.9 Å². The average molecular weight is 302 g/mol. The highest BCUT2D eigenvalue weighted by atomic mass is 28.4. The van der Waals surface area contributed by atoms with E-state index in [9.17, 15) is 0 Å². The third kappa shape index (κ3) is 4.62. The predicted octanol–water partition coefficient (Wildman–Crippen LogP) is 3.83. The van der Waals surface area contributed by atoms with E-state index in [-0.39, 0.29) is 0 Å². The molecule has 2 aromatic rings. The van der Waals surface area contributed by atoms with Crippen LogP contribution >= 0.6 is 0 Å². The molecule has 0 aliphatic rings. The van der Waals surface area contributed by atoms with Gasteiger partial charge in [0.1, 0.15) is 24.0 Å². The van der Waals surface area contributed by atoms with Crippen molar-refractivity contribution in [1.82, 2.24) is 0 Å². The van der Waals surface area contributed by atoms with Gasteiger partial charge in [-0.05, 0) is 30.3 Å². The van der Waals surface area contributed by atoms with E-state index < -0.39 is 8.32 Å². The quantitative estimate of drug-likeness (QED) is 0.694. The highest BCUT2D eigenvalue weighted by molar-refractivity contribution is 6.73. The Kier molecular flexibility index (Phi) is 5.84. The van der Waals surface area contributed by atoms with Gasteiger partial charge in [-0.3, -0.25) is 0 Å². The summed E-state index contributed by atoms with van der Waals surface area (Å²) in [5.74, 6) is 1.75. The highest BCUT2D eigenvalue weighted by Gasteiger charge is 2.34. The summed E-state index contributed by atoms with van der Waals surface area (Å²) >= 11 is 0. The number of hydrogen-bond donors (Lipinski definition) is 0. The maximum Gasteiger partial charge on any atom is 0.266 e. The van der Waals surface area contributed by atoms with Gasteiger partial charge in [-0.1, -0.05) is 43.3 Å². The first-order chi connectivity index (χ1) is 10.3. The second kappa shape index (κ2) is 7.86. The smallest absolute Gasteiger partial charge is 0.266 e. The minimum Gasteiger partial charge on any atom is -0.494 e. The molecular weight excluding hydrogens is 280 g/mol. The molecule has 4 heteroatoms. The molecule has 2 rings (SSSR count). The summed E-state index contributed by atoms with van der Waals surface area (Å²) in [5.41, 5.74) is 0. The maximum absolute atomic E-state index is 5.90. The molecule has 0 saturated heterocycles. The predicted molar refractivity (Wildman–Crippen MR) is 87.1 cm³/mol. The Hall–Kier alpha value is -1.78. The van der Waals surface area contributed by atoms with E-state index in [0.717, 1.165) is 17.5 Å². The molecule has 0 aromatic heterocycles. The summed E-state index contributed by atoms with van der Waals surface area (Å²) in [6.45, 7) is 2.14. The Labute approximate surface area is 127 Å². The van der Waals surface area contributed by atoms with Gasteiger partial charge in [0.2, 0.25) is 0 Å². The fourth-order valence-electron chi connectivity index (χ4n) is 1.97. The van der Waals surface area contributed by atoms with Gasteiger partial charge < -0.3 is 13.9 Å². The van der Waals surface area contributed by atoms with Crippen molar-refractivity contribution in [2.45, 2.75) is 13.0 Å². The molecule has 3 nitrogen and oxygen atoms in total. The summed E-state index contributed by atoms with van der Waals surface area (Å²) in [6, 6.07) is 20.6. The fraction of sp³-hybridized carbons (Fsp3) is 0.294. The Bertz CT molecular complexity index is 467. The average Bonchev–Trinajstić information content (AvgIpc) is 2.58. The van der Waals surface area contributed by atoms with Crippen molar-refractivity contribution in [2.24, 2.45) is 0 Å². The first kappa shape index (κ1) is 15.6. The standard InChI is InChI=1S/C17H22O3Si/c1-3-21(18-2,14-19-16-10-6-4-7-11-16)15-20-17-12-8-5-9-13-17/h4-13H,3,14-15H2,1-2H3. The number of benzene rings is 2. The summed E-state index contributed by atoms with van der Waals surface area (Å²) < 4.78 is 17.6. The molecule has 0 bridgehead atoms. The molecule has 0 unspecified atom stereocenters. The normalized spacial score (nSPS) is 11.1. The Balaban J connectivity index is 1.95. The van der Waals surface area contributed by atoms with Crippen molar-refractivity contribution < 1.29 is 13.9 Å². The van der Waals surface area contributed by atoms with Gasteiger partial charge in [0.15, 0.2) is 0 Å². The summed E-state index contributed by atoms with van der Waals surface area (Å²) in [7, 11) is -0.291. The summed E-state index contributed by atoms with van der Waals surface area (Å²) in [4.78, 5) is 0. The number of para-hydroxylation sites is 2. The van der Waals surface area contributed by atoms with E-state index in [0.29, 0.717) is 12.5 Å². The van der Waals surface area contributed by atoms with Crippen LogP contribution in [0, 0.1) is 0 Å². The van der Waals surface area contributed by atoms with Gasteiger partial charge in [0, 0.05) is 7.11 Å². The van der Waals surface area contributed by atoms with Crippen molar-refractivity contribution >= 4 is 8.32 Å². The third-order valence-corrected chi connectivity index (χ3v) is 7.06. The van der Waals surface area contributed by atoms with Crippen LogP contribution in [0.25, 0.3) is 0 Å². The number of hydrogen-bond acceptors (Lipinski definition) is 3. The van der Waals surface area contributed by atoms with Crippen LogP contribution < -0.4 is 9.47 Å². The second-order valence-electron chi connectivity index (χ2n) is 4.94. The fourth-order valence-corrected chi connectivity index (χ4v) is 3.85. The molecular formula is C17H22O3Si. The Morgan fingerprint density at radius 3 is 1.52 bits per heavy atom. The van der Waals surface area contributed by atoms with Crippen molar-refractivity contribution in [3.8, 4) is 11.5 Å². The molecule has 0 fully saturated rings. The topological polar surface area (TPSA) is 27.7 Å². The first-order valence-corrected chi connectivity index (χ1v) is 9.72.